The zero-order valence-corrected chi connectivity index (χ0v) is 18.6. The van der Waals surface area contributed by atoms with Gasteiger partial charge in [-0.1, -0.05) is 48.0 Å². The predicted octanol–water partition coefficient (Wildman–Crippen LogP) is 5.06. The predicted molar refractivity (Wildman–Crippen MR) is 125 cm³/mol. The van der Waals surface area contributed by atoms with Gasteiger partial charge >= 0.3 is 0 Å². The molecule has 0 radical (unpaired) electrons. The maximum atomic E-state index is 13.5. The van der Waals surface area contributed by atoms with Crippen molar-refractivity contribution in [2.45, 2.75) is 6.92 Å². The maximum absolute atomic E-state index is 13.5. The Kier molecular flexibility index (Phi) is 5.88. The molecule has 0 aromatic heterocycles. The van der Waals surface area contributed by atoms with Crippen molar-refractivity contribution in [3.8, 4) is 11.5 Å². The number of aryl methyl sites for hydroxylation is 1. The van der Waals surface area contributed by atoms with Crippen LogP contribution in [0.1, 0.15) is 11.1 Å². The van der Waals surface area contributed by atoms with E-state index in [1.807, 2.05) is 43.3 Å². The summed E-state index contributed by atoms with van der Waals surface area (Å²) in [5.41, 5.74) is 2.98. The van der Waals surface area contributed by atoms with Gasteiger partial charge in [-0.2, -0.15) is 0 Å². The van der Waals surface area contributed by atoms with Gasteiger partial charge in [0.2, 0.25) is 0 Å². The number of imide groups is 1. The van der Waals surface area contributed by atoms with Crippen LogP contribution in [0.25, 0.3) is 5.57 Å². The molecule has 6 nitrogen and oxygen atoms in total. The van der Waals surface area contributed by atoms with Crippen LogP contribution in [0.3, 0.4) is 0 Å². The second kappa shape index (κ2) is 8.77. The molecule has 0 fully saturated rings. The third-order valence-electron chi connectivity index (χ3n) is 5.15. The Morgan fingerprint density at radius 1 is 0.844 bits per heavy atom. The third kappa shape index (κ3) is 3.81. The molecule has 0 bridgehead atoms. The molecule has 1 N–H and O–H groups in total. The molecule has 162 valence electrons. The largest absolute Gasteiger partial charge is 0.495 e. The van der Waals surface area contributed by atoms with Gasteiger partial charge in [0.25, 0.3) is 11.8 Å². The van der Waals surface area contributed by atoms with Crippen LogP contribution in [0.15, 0.2) is 72.4 Å². The lowest BCUT2D eigenvalue weighted by molar-refractivity contribution is -0.120. The number of carbonyl (C=O) groups is 2. The molecule has 3 aromatic rings. The molecule has 4 rings (SSSR count). The number of anilines is 2. The summed E-state index contributed by atoms with van der Waals surface area (Å²) >= 11 is 6.26. The molecule has 0 spiro atoms. The van der Waals surface area contributed by atoms with E-state index in [4.69, 9.17) is 21.1 Å². The van der Waals surface area contributed by atoms with E-state index in [-0.39, 0.29) is 11.3 Å². The maximum Gasteiger partial charge on any atom is 0.282 e. The van der Waals surface area contributed by atoms with E-state index in [1.165, 1.54) is 13.2 Å². The number of methoxy groups -OCH3 is 2. The molecule has 0 atom stereocenters. The van der Waals surface area contributed by atoms with Gasteiger partial charge in [-0.25, -0.2) is 4.90 Å². The van der Waals surface area contributed by atoms with Crippen LogP contribution in [0.2, 0.25) is 5.02 Å². The molecule has 2 amide bonds. The Hall–Kier alpha value is -3.77. The number of hydrogen-bond donors (Lipinski definition) is 1. The molecule has 0 saturated carbocycles. The highest BCUT2D eigenvalue weighted by Gasteiger charge is 2.40. The topological polar surface area (TPSA) is 67.9 Å². The van der Waals surface area contributed by atoms with Gasteiger partial charge in [-0.05, 0) is 48.4 Å². The average molecular weight is 449 g/mol. The summed E-state index contributed by atoms with van der Waals surface area (Å²) in [6.45, 7) is 1.93. The Balaban J connectivity index is 1.83. The molecule has 32 heavy (non-hydrogen) atoms. The standard InChI is InChI=1S/C25H21ClN2O4/c1-15-9-11-21(32-3)19(13-15)27-23-22(16-7-5-4-6-8-16)24(29)28(25(23)30)17-10-12-20(31-2)18(26)14-17/h4-14,27H,1-3H3. The molecule has 7 heteroatoms. The van der Waals surface area contributed by atoms with Gasteiger partial charge in [0, 0.05) is 0 Å². The summed E-state index contributed by atoms with van der Waals surface area (Å²) in [6, 6.07) is 19.4. The lowest BCUT2D eigenvalue weighted by Crippen LogP contribution is -2.32. The van der Waals surface area contributed by atoms with Crippen molar-refractivity contribution in [3.05, 3.63) is 88.6 Å². The first-order valence-electron chi connectivity index (χ1n) is 9.88. The highest BCUT2D eigenvalue weighted by atomic mass is 35.5. The molecule has 1 heterocycles. The van der Waals surface area contributed by atoms with Crippen LogP contribution in [0, 0.1) is 6.92 Å². The van der Waals surface area contributed by atoms with Gasteiger partial charge in [0.1, 0.15) is 17.2 Å². The number of ether oxygens (including phenoxy) is 2. The zero-order valence-electron chi connectivity index (χ0n) is 17.8. The summed E-state index contributed by atoms with van der Waals surface area (Å²) in [4.78, 5) is 28.1. The van der Waals surface area contributed by atoms with E-state index in [1.54, 1.807) is 31.4 Å². The molecular formula is C25H21ClN2O4. The minimum atomic E-state index is -0.487. The molecular weight excluding hydrogens is 428 g/mol. The summed E-state index contributed by atoms with van der Waals surface area (Å²) in [7, 11) is 3.05. The van der Waals surface area contributed by atoms with Crippen molar-refractivity contribution in [1.29, 1.82) is 0 Å². The monoisotopic (exact) mass is 448 g/mol. The van der Waals surface area contributed by atoms with Gasteiger partial charge in [-0.3, -0.25) is 9.59 Å². The second-order valence-electron chi connectivity index (χ2n) is 7.21. The van der Waals surface area contributed by atoms with E-state index < -0.39 is 11.8 Å². The lowest BCUT2D eigenvalue weighted by Gasteiger charge is -2.17. The van der Waals surface area contributed by atoms with Gasteiger partial charge < -0.3 is 14.8 Å². The number of halogens is 1. The van der Waals surface area contributed by atoms with Crippen LogP contribution in [-0.2, 0) is 9.59 Å². The Bertz CT molecular complexity index is 1240. The molecule has 1 aliphatic rings. The van der Waals surface area contributed by atoms with Crippen molar-refractivity contribution in [2.24, 2.45) is 0 Å². The summed E-state index contributed by atoms with van der Waals surface area (Å²) in [5.74, 6) is 0.0745. The highest BCUT2D eigenvalue weighted by Crippen LogP contribution is 2.38. The van der Waals surface area contributed by atoms with Crippen LogP contribution in [-0.4, -0.2) is 26.0 Å². The number of amides is 2. The van der Waals surface area contributed by atoms with E-state index in [0.29, 0.717) is 33.5 Å². The number of nitrogens with one attached hydrogen (secondary N) is 1. The fraction of sp³-hybridized carbons (Fsp3) is 0.120. The van der Waals surface area contributed by atoms with Crippen molar-refractivity contribution < 1.29 is 19.1 Å². The van der Waals surface area contributed by atoms with Crippen LogP contribution >= 0.6 is 11.6 Å². The average Bonchev–Trinajstić information content (AvgIpc) is 3.03. The fourth-order valence-electron chi connectivity index (χ4n) is 3.60. The van der Waals surface area contributed by atoms with Crippen molar-refractivity contribution >= 4 is 40.4 Å². The third-order valence-corrected chi connectivity index (χ3v) is 5.45. The molecule has 0 unspecified atom stereocenters. The first kappa shape index (κ1) is 21.5. The molecule has 0 saturated heterocycles. The van der Waals surface area contributed by atoms with Gasteiger partial charge in [0.15, 0.2) is 0 Å². The Labute approximate surface area is 191 Å². The quantitative estimate of drug-likeness (QED) is 0.534. The fourth-order valence-corrected chi connectivity index (χ4v) is 3.85. The summed E-state index contributed by atoms with van der Waals surface area (Å²) in [5, 5.41) is 3.45. The van der Waals surface area contributed by atoms with Crippen LogP contribution in [0.4, 0.5) is 11.4 Å². The number of benzene rings is 3. The Morgan fingerprint density at radius 2 is 1.53 bits per heavy atom. The SMILES string of the molecule is COc1ccc(N2C(=O)C(Nc3cc(C)ccc3OC)=C(c3ccccc3)C2=O)cc1Cl. The lowest BCUT2D eigenvalue weighted by atomic mass is 10.0. The first-order chi connectivity index (χ1) is 15.4. The first-order valence-corrected chi connectivity index (χ1v) is 10.3. The second-order valence-corrected chi connectivity index (χ2v) is 7.62. The number of nitrogens with zero attached hydrogens (tertiary/aromatic N) is 1. The number of rotatable bonds is 6. The zero-order chi connectivity index (χ0) is 22.8. The van der Waals surface area contributed by atoms with Gasteiger partial charge in [-0.15, -0.1) is 0 Å². The highest BCUT2D eigenvalue weighted by molar-refractivity contribution is 6.46. The minimum Gasteiger partial charge on any atom is -0.495 e. The molecule has 0 aliphatic carbocycles. The van der Waals surface area contributed by atoms with Crippen LogP contribution in [0.5, 0.6) is 11.5 Å². The van der Waals surface area contributed by atoms with Crippen molar-refractivity contribution in [3.63, 3.8) is 0 Å². The van der Waals surface area contributed by atoms with E-state index in [2.05, 4.69) is 5.32 Å². The van der Waals surface area contributed by atoms with Crippen molar-refractivity contribution in [2.75, 3.05) is 24.4 Å². The summed E-state index contributed by atoms with van der Waals surface area (Å²) in [6.07, 6.45) is 0. The minimum absolute atomic E-state index is 0.164. The van der Waals surface area contributed by atoms with E-state index in [0.717, 1.165) is 10.5 Å². The van der Waals surface area contributed by atoms with Crippen molar-refractivity contribution in [1.82, 2.24) is 0 Å². The number of carbonyl (C=O) groups excluding carboxylic acids is 2. The molecule has 3 aromatic carbocycles. The van der Waals surface area contributed by atoms with Gasteiger partial charge in [0.05, 0.1) is 36.2 Å². The van der Waals surface area contributed by atoms with Crippen LogP contribution < -0.4 is 19.7 Å². The Morgan fingerprint density at radius 3 is 2.19 bits per heavy atom. The molecule has 1 aliphatic heterocycles. The van der Waals surface area contributed by atoms with E-state index >= 15 is 0 Å². The normalized spacial score (nSPS) is 13.6. The smallest absolute Gasteiger partial charge is 0.282 e. The van der Waals surface area contributed by atoms with E-state index in [9.17, 15) is 9.59 Å². The summed E-state index contributed by atoms with van der Waals surface area (Å²) < 4.78 is 10.6. The number of hydrogen-bond acceptors (Lipinski definition) is 5.